The molecule has 0 aliphatic heterocycles. The Balaban J connectivity index is 3.47. The molecule has 0 saturated carbocycles. The molecule has 4 nitrogen and oxygen atoms in total. The van der Waals surface area contributed by atoms with E-state index in [1.165, 1.54) is 6.92 Å². The van der Waals surface area contributed by atoms with E-state index < -0.39 is 27.2 Å². The first-order chi connectivity index (χ1) is 6.43. The van der Waals surface area contributed by atoms with E-state index in [1.807, 2.05) is 0 Å². The van der Waals surface area contributed by atoms with Gasteiger partial charge in [-0.15, -0.1) is 0 Å². The number of carbonyl (C=O) groups excluding carboxylic acids is 1. The Labute approximate surface area is 83.4 Å². The molecule has 0 radical (unpaired) electrons. The fourth-order valence-electron chi connectivity index (χ4n) is 1.03. The van der Waals surface area contributed by atoms with E-state index in [4.69, 9.17) is 11.6 Å². The van der Waals surface area contributed by atoms with Crippen molar-refractivity contribution < 1.29 is 14.1 Å². The van der Waals surface area contributed by atoms with Crippen LogP contribution in [0.4, 0.5) is 10.1 Å². The molecule has 0 heterocycles. The lowest BCUT2D eigenvalue weighted by Crippen LogP contribution is -2.01. The van der Waals surface area contributed by atoms with Crippen LogP contribution in [0.5, 0.6) is 0 Å². The molecule has 74 valence electrons. The minimum Gasteiger partial charge on any atom is -0.275 e. The molecule has 0 atom stereocenters. The average molecular weight is 218 g/mol. The van der Waals surface area contributed by atoms with Crippen molar-refractivity contribution in [3.63, 3.8) is 0 Å². The number of nitro groups is 1. The summed E-state index contributed by atoms with van der Waals surface area (Å²) >= 11 is 5.06. The summed E-state index contributed by atoms with van der Waals surface area (Å²) in [5, 5.41) is 9.31. The summed E-state index contributed by atoms with van der Waals surface area (Å²) in [7, 11) is 0. The van der Waals surface area contributed by atoms with Gasteiger partial charge < -0.3 is 0 Å². The van der Waals surface area contributed by atoms with Crippen LogP contribution in [-0.4, -0.2) is 10.2 Å². The lowest BCUT2D eigenvalue weighted by molar-refractivity contribution is -0.387. The summed E-state index contributed by atoms with van der Waals surface area (Å²) < 4.78 is 13.2. The lowest BCUT2D eigenvalue weighted by atomic mass is 10.1. The molecule has 0 fully saturated rings. The second kappa shape index (κ2) is 3.71. The normalized spacial score (nSPS) is 9.93. The van der Waals surface area contributed by atoms with Gasteiger partial charge in [-0.3, -0.25) is 14.9 Å². The van der Waals surface area contributed by atoms with Gasteiger partial charge in [0.1, 0.15) is 0 Å². The van der Waals surface area contributed by atoms with Crippen molar-refractivity contribution in [1.29, 1.82) is 0 Å². The van der Waals surface area contributed by atoms with Crippen molar-refractivity contribution in [2.75, 3.05) is 0 Å². The second-order valence-electron chi connectivity index (χ2n) is 2.68. The molecule has 0 unspecified atom stereocenters. The number of hydrogen-bond acceptors (Lipinski definition) is 3. The van der Waals surface area contributed by atoms with Crippen LogP contribution in [0, 0.1) is 22.9 Å². The molecule has 1 aromatic carbocycles. The monoisotopic (exact) mass is 217 g/mol. The van der Waals surface area contributed by atoms with E-state index in [2.05, 4.69) is 0 Å². The molecule has 6 heteroatoms. The average Bonchev–Trinajstić information content (AvgIpc) is 2.07. The van der Waals surface area contributed by atoms with Crippen molar-refractivity contribution in [3.8, 4) is 0 Å². The second-order valence-corrected chi connectivity index (χ2v) is 3.02. The highest BCUT2D eigenvalue weighted by molar-refractivity contribution is 6.67. The Kier molecular flexibility index (Phi) is 2.81. The molecule has 1 rings (SSSR count). The quantitative estimate of drug-likeness (QED) is 0.434. The smallest absolute Gasteiger partial charge is 0.275 e. The minimum absolute atomic E-state index is 0.405. The molecule has 0 amide bonds. The Morgan fingerprint density at radius 1 is 1.57 bits per heavy atom. The molecular weight excluding hydrogens is 213 g/mol. The summed E-state index contributed by atoms with van der Waals surface area (Å²) in [5.74, 6) is -1.19. The van der Waals surface area contributed by atoms with Crippen LogP contribution in [0.1, 0.15) is 15.9 Å². The third-order valence-electron chi connectivity index (χ3n) is 1.61. The third-order valence-corrected chi connectivity index (χ3v) is 1.81. The number of hydrogen-bond donors (Lipinski definition) is 0. The van der Waals surface area contributed by atoms with Gasteiger partial charge in [0.25, 0.3) is 5.24 Å². The highest BCUT2D eigenvalue weighted by atomic mass is 35.5. The molecule has 14 heavy (non-hydrogen) atoms. The Morgan fingerprint density at radius 3 is 2.57 bits per heavy atom. The first kappa shape index (κ1) is 10.6. The summed E-state index contributed by atoms with van der Waals surface area (Å²) in [6.45, 7) is 1.51. The van der Waals surface area contributed by atoms with Crippen molar-refractivity contribution in [2.24, 2.45) is 0 Å². The van der Waals surface area contributed by atoms with Gasteiger partial charge in [0.05, 0.1) is 10.5 Å². The van der Waals surface area contributed by atoms with Crippen LogP contribution in [0.15, 0.2) is 12.1 Å². The van der Waals surface area contributed by atoms with E-state index >= 15 is 0 Å². The fraction of sp³-hybridized carbons (Fsp3) is 0.125. The summed E-state index contributed by atoms with van der Waals surface area (Å²) in [5.41, 5.74) is -0.811. The Bertz CT molecular complexity index is 384. The highest BCUT2D eigenvalue weighted by Crippen LogP contribution is 2.23. The summed E-state index contributed by atoms with van der Waals surface area (Å²) in [6.07, 6.45) is 0. The molecule has 0 saturated heterocycles. The maximum atomic E-state index is 13.2. The zero-order valence-electron chi connectivity index (χ0n) is 7.08. The Hall–Kier alpha value is -1.49. The molecule has 0 aliphatic carbocycles. The Morgan fingerprint density at radius 2 is 2.14 bits per heavy atom. The van der Waals surface area contributed by atoms with Crippen molar-refractivity contribution >= 4 is 22.5 Å². The molecule has 0 N–H and O–H groups in total. The predicted molar refractivity (Wildman–Crippen MR) is 48.0 cm³/mol. The van der Waals surface area contributed by atoms with E-state index in [9.17, 15) is 19.3 Å². The predicted octanol–water partition coefficient (Wildman–Crippen LogP) is 2.42. The maximum Gasteiger partial charge on any atom is 0.305 e. The van der Waals surface area contributed by atoms with Crippen molar-refractivity contribution in [3.05, 3.63) is 39.2 Å². The van der Waals surface area contributed by atoms with Crippen molar-refractivity contribution in [1.82, 2.24) is 0 Å². The van der Waals surface area contributed by atoms with Crippen LogP contribution < -0.4 is 0 Å². The van der Waals surface area contributed by atoms with Crippen LogP contribution in [0.25, 0.3) is 0 Å². The number of benzene rings is 1. The van der Waals surface area contributed by atoms with Gasteiger partial charge in [0.15, 0.2) is 0 Å². The summed E-state index contributed by atoms with van der Waals surface area (Å²) in [6, 6.07) is 2.20. The minimum atomic E-state index is -1.19. The number of halogens is 2. The first-order valence-corrected chi connectivity index (χ1v) is 3.95. The zero-order valence-corrected chi connectivity index (χ0v) is 7.84. The molecule has 0 spiro atoms. The van der Waals surface area contributed by atoms with Gasteiger partial charge in [0, 0.05) is 6.07 Å². The van der Waals surface area contributed by atoms with E-state index in [-0.39, 0.29) is 0 Å². The van der Waals surface area contributed by atoms with E-state index in [1.54, 1.807) is 0 Å². The van der Waals surface area contributed by atoms with Crippen LogP contribution in [-0.2, 0) is 0 Å². The SMILES string of the molecule is Cc1cc(C(=O)Cl)c(F)c([N+](=O)[O-])c1. The number of aryl methyl sites for hydroxylation is 1. The zero-order chi connectivity index (χ0) is 10.9. The van der Waals surface area contributed by atoms with Crippen LogP contribution in [0.3, 0.4) is 0 Å². The molecule has 0 aliphatic rings. The van der Waals surface area contributed by atoms with Crippen LogP contribution in [0.2, 0.25) is 0 Å². The number of nitrogens with zero attached hydrogens (tertiary/aromatic N) is 1. The molecule has 0 aromatic heterocycles. The van der Waals surface area contributed by atoms with E-state index in [0.717, 1.165) is 12.1 Å². The fourth-order valence-corrected chi connectivity index (χ4v) is 1.16. The van der Waals surface area contributed by atoms with Crippen molar-refractivity contribution in [2.45, 2.75) is 6.92 Å². The number of rotatable bonds is 2. The van der Waals surface area contributed by atoms with Gasteiger partial charge in [-0.1, -0.05) is 0 Å². The standard InChI is InChI=1S/C8H5ClFNO3/c1-4-2-5(8(9)12)7(10)6(3-4)11(13)14/h2-3H,1H3. The maximum absolute atomic E-state index is 13.2. The highest BCUT2D eigenvalue weighted by Gasteiger charge is 2.21. The largest absolute Gasteiger partial charge is 0.305 e. The van der Waals surface area contributed by atoms with Gasteiger partial charge >= 0.3 is 5.69 Å². The molecular formula is C8H5ClFNO3. The molecule has 0 bridgehead atoms. The number of nitro benzene ring substituents is 1. The first-order valence-electron chi connectivity index (χ1n) is 3.58. The van der Waals surface area contributed by atoms with E-state index in [0.29, 0.717) is 5.56 Å². The lowest BCUT2D eigenvalue weighted by Gasteiger charge is -2.00. The topological polar surface area (TPSA) is 60.2 Å². The van der Waals surface area contributed by atoms with Crippen LogP contribution >= 0.6 is 11.6 Å². The summed E-state index contributed by atoms with van der Waals surface area (Å²) in [4.78, 5) is 20.2. The van der Waals surface area contributed by atoms with Gasteiger partial charge in [-0.2, -0.15) is 4.39 Å². The third kappa shape index (κ3) is 1.88. The van der Waals surface area contributed by atoms with Gasteiger partial charge in [-0.25, -0.2) is 0 Å². The van der Waals surface area contributed by atoms with Gasteiger partial charge in [-0.05, 0) is 30.2 Å². The molecule has 1 aromatic rings. The number of carbonyl (C=O) groups is 1. The van der Waals surface area contributed by atoms with Gasteiger partial charge in [0.2, 0.25) is 5.82 Å².